The molecule has 1 aliphatic rings. The molecule has 0 fully saturated rings. The lowest BCUT2D eigenvalue weighted by atomic mass is 9.82. The zero-order valence-electron chi connectivity index (χ0n) is 17.3. The first-order valence-corrected chi connectivity index (χ1v) is 11.1. The predicted molar refractivity (Wildman–Crippen MR) is 113 cm³/mol. The van der Waals surface area contributed by atoms with E-state index in [1.54, 1.807) is 27.8 Å². The fraction of sp³-hybridized carbons (Fsp3) is 0.680. The molecule has 1 atom stereocenters. The topological polar surface area (TPSA) is 0 Å². The van der Waals surface area contributed by atoms with Crippen molar-refractivity contribution in [3.05, 3.63) is 40.0 Å². The van der Waals surface area contributed by atoms with E-state index >= 15 is 0 Å². The summed E-state index contributed by atoms with van der Waals surface area (Å²) in [7, 11) is 0. The van der Waals surface area contributed by atoms with Crippen molar-refractivity contribution in [2.45, 2.75) is 111 Å². The number of allylic oxidation sites excluding steroid dienone is 1. The van der Waals surface area contributed by atoms with Crippen LogP contribution in [0.4, 0.5) is 0 Å². The normalized spacial score (nSPS) is 16.2. The van der Waals surface area contributed by atoms with Gasteiger partial charge in [0.15, 0.2) is 0 Å². The summed E-state index contributed by atoms with van der Waals surface area (Å²) in [4.78, 5) is 0. The molecular weight excluding hydrogens is 300 g/mol. The lowest BCUT2D eigenvalue weighted by molar-refractivity contribution is 0.614. The van der Waals surface area contributed by atoms with Crippen molar-refractivity contribution in [3.63, 3.8) is 0 Å². The van der Waals surface area contributed by atoms with Gasteiger partial charge in [-0.05, 0) is 67.2 Å². The van der Waals surface area contributed by atoms with E-state index < -0.39 is 0 Å². The quantitative estimate of drug-likeness (QED) is 0.359. The summed E-state index contributed by atoms with van der Waals surface area (Å²) in [5.41, 5.74) is 8.41. The first kappa shape index (κ1) is 20.3. The van der Waals surface area contributed by atoms with Crippen LogP contribution in [0.5, 0.6) is 0 Å². The summed E-state index contributed by atoms with van der Waals surface area (Å²) >= 11 is 0. The number of hydrogen-bond acceptors (Lipinski definition) is 0. The van der Waals surface area contributed by atoms with E-state index in [1.807, 2.05) is 0 Å². The summed E-state index contributed by atoms with van der Waals surface area (Å²) < 4.78 is 0. The van der Waals surface area contributed by atoms with Crippen molar-refractivity contribution < 1.29 is 0 Å². The van der Waals surface area contributed by atoms with Crippen LogP contribution in [0.1, 0.15) is 120 Å². The van der Waals surface area contributed by atoms with E-state index in [0.29, 0.717) is 0 Å². The van der Waals surface area contributed by atoms with Crippen molar-refractivity contribution in [1.82, 2.24) is 0 Å². The molecule has 0 heterocycles. The minimum atomic E-state index is 0.718. The molecule has 1 aromatic rings. The van der Waals surface area contributed by atoms with Gasteiger partial charge >= 0.3 is 0 Å². The van der Waals surface area contributed by atoms with Crippen LogP contribution < -0.4 is 0 Å². The smallest absolute Gasteiger partial charge is 0.00602 e. The van der Waals surface area contributed by atoms with Crippen molar-refractivity contribution in [2.24, 2.45) is 0 Å². The maximum atomic E-state index is 2.56. The number of rotatable bonds is 12. The minimum absolute atomic E-state index is 0.718. The van der Waals surface area contributed by atoms with E-state index in [9.17, 15) is 0 Å². The fourth-order valence-corrected chi connectivity index (χ4v) is 4.37. The lowest BCUT2D eigenvalue weighted by Gasteiger charge is -2.22. The Kier molecular flexibility index (Phi) is 8.79. The molecule has 0 N–H and O–H groups in total. The van der Waals surface area contributed by atoms with E-state index in [4.69, 9.17) is 0 Å². The molecule has 0 nitrogen and oxygen atoms in total. The fourth-order valence-electron chi connectivity index (χ4n) is 4.37. The molecule has 0 saturated heterocycles. The molecule has 0 heteroatoms. The zero-order valence-corrected chi connectivity index (χ0v) is 17.3. The Morgan fingerprint density at radius 1 is 0.720 bits per heavy atom. The van der Waals surface area contributed by atoms with Gasteiger partial charge in [-0.2, -0.15) is 0 Å². The highest BCUT2D eigenvalue weighted by atomic mass is 14.3. The molecule has 1 unspecified atom stereocenters. The number of benzene rings is 1. The Balaban J connectivity index is 2.37. The van der Waals surface area contributed by atoms with E-state index in [1.165, 1.54) is 77.0 Å². The maximum Gasteiger partial charge on any atom is 0.00602 e. The summed E-state index contributed by atoms with van der Waals surface area (Å²) in [6.45, 7) is 9.29. The van der Waals surface area contributed by atoms with Crippen LogP contribution in [0.25, 0.3) is 6.08 Å². The molecule has 0 radical (unpaired) electrons. The summed E-state index contributed by atoms with van der Waals surface area (Å²) in [5.74, 6) is 0.718. The Labute approximate surface area is 157 Å². The molecule has 140 valence electrons. The molecule has 0 bridgehead atoms. The highest BCUT2D eigenvalue weighted by molar-refractivity contribution is 5.69. The van der Waals surface area contributed by atoms with Crippen LogP contribution in [-0.2, 0) is 12.8 Å². The van der Waals surface area contributed by atoms with E-state index in [2.05, 4.69) is 45.9 Å². The second-order valence-electron chi connectivity index (χ2n) is 7.93. The maximum absolute atomic E-state index is 2.56. The summed E-state index contributed by atoms with van der Waals surface area (Å²) in [6, 6.07) is 4.89. The summed E-state index contributed by atoms with van der Waals surface area (Å²) in [5, 5.41) is 0. The SMILES string of the molecule is CCCCC1=Cc2ccc(CCCC)c(CCCC)c2C1CCCC. The first-order valence-electron chi connectivity index (χ1n) is 11.1. The Morgan fingerprint density at radius 3 is 2.04 bits per heavy atom. The molecule has 0 amide bonds. The third-order valence-electron chi connectivity index (χ3n) is 5.87. The third kappa shape index (κ3) is 5.22. The monoisotopic (exact) mass is 340 g/mol. The van der Waals surface area contributed by atoms with Crippen LogP contribution in [0.3, 0.4) is 0 Å². The van der Waals surface area contributed by atoms with Crippen molar-refractivity contribution >= 4 is 6.08 Å². The summed E-state index contributed by atoms with van der Waals surface area (Å²) in [6.07, 6.45) is 18.4. The molecule has 2 rings (SSSR count). The van der Waals surface area contributed by atoms with Gasteiger partial charge in [-0.25, -0.2) is 0 Å². The number of hydrogen-bond donors (Lipinski definition) is 0. The van der Waals surface area contributed by atoms with Gasteiger partial charge in [-0.3, -0.25) is 0 Å². The minimum Gasteiger partial charge on any atom is -0.0654 e. The van der Waals surface area contributed by atoms with Gasteiger partial charge in [0.25, 0.3) is 0 Å². The van der Waals surface area contributed by atoms with Gasteiger partial charge in [0, 0.05) is 5.92 Å². The Hall–Kier alpha value is -1.04. The zero-order chi connectivity index (χ0) is 18.1. The molecule has 25 heavy (non-hydrogen) atoms. The van der Waals surface area contributed by atoms with Gasteiger partial charge in [0.1, 0.15) is 0 Å². The van der Waals surface area contributed by atoms with E-state index in [0.717, 1.165) is 5.92 Å². The van der Waals surface area contributed by atoms with Gasteiger partial charge in [0.05, 0.1) is 0 Å². The number of unbranched alkanes of at least 4 members (excludes halogenated alkanes) is 4. The van der Waals surface area contributed by atoms with Gasteiger partial charge in [0.2, 0.25) is 0 Å². The highest BCUT2D eigenvalue weighted by Crippen LogP contribution is 2.45. The molecule has 1 aliphatic carbocycles. The van der Waals surface area contributed by atoms with Crippen molar-refractivity contribution in [3.8, 4) is 0 Å². The van der Waals surface area contributed by atoms with Gasteiger partial charge in [-0.1, -0.05) is 83.6 Å². The lowest BCUT2D eigenvalue weighted by Crippen LogP contribution is -2.07. The van der Waals surface area contributed by atoms with Gasteiger partial charge < -0.3 is 0 Å². The van der Waals surface area contributed by atoms with E-state index in [-0.39, 0.29) is 0 Å². The highest BCUT2D eigenvalue weighted by Gasteiger charge is 2.27. The van der Waals surface area contributed by atoms with Crippen LogP contribution in [0.2, 0.25) is 0 Å². The van der Waals surface area contributed by atoms with Crippen LogP contribution in [0, 0.1) is 0 Å². The van der Waals surface area contributed by atoms with Crippen LogP contribution in [-0.4, -0.2) is 0 Å². The molecule has 1 aromatic carbocycles. The molecule has 0 aliphatic heterocycles. The molecular formula is C25H40. The van der Waals surface area contributed by atoms with Crippen molar-refractivity contribution in [1.29, 1.82) is 0 Å². The standard InChI is InChI=1S/C25H40/c1-5-9-13-20-17-18-22-19-21(14-10-6-2)24(16-12-8-4)25(22)23(20)15-11-7-3/h17-19,24H,5-16H2,1-4H3. The Morgan fingerprint density at radius 2 is 1.36 bits per heavy atom. The molecule has 0 aromatic heterocycles. The van der Waals surface area contributed by atoms with Crippen LogP contribution >= 0.6 is 0 Å². The average molecular weight is 341 g/mol. The molecule has 0 spiro atoms. The second kappa shape index (κ2) is 10.8. The largest absolute Gasteiger partial charge is 0.0654 e. The van der Waals surface area contributed by atoms with Gasteiger partial charge in [-0.15, -0.1) is 0 Å². The van der Waals surface area contributed by atoms with Crippen LogP contribution in [0.15, 0.2) is 17.7 Å². The first-order chi connectivity index (χ1) is 12.3. The molecule has 0 saturated carbocycles. The average Bonchev–Trinajstić information content (AvgIpc) is 2.99. The number of aryl methyl sites for hydroxylation is 1. The Bertz CT molecular complexity index is 549. The van der Waals surface area contributed by atoms with Crippen molar-refractivity contribution in [2.75, 3.05) is 0 Å². The predicted octanol–water partition coefficient (Wildman–Crippen LogP) is 8.23. The third-order valence-corrected chi connectivity index (χ3v) is 5.87. The number of fused-ring (bicyclic) bond motifs is 1. The second-order valence-corrected chi connectivity index (χ2v) is 7.93.